The van der Waals surface area contributed by atoms with Crippen molar-refractivity contribution >= 4 is 24.3 Å². The van der Waals surface area contributed by atoms with E-state index in [9.17, 15) is 4.79 Å². The smallest absolute Gasteiger partial charge is 0.167 e. The van der Waals surface area contributed by atoms with E-state index in [1.807, 2.05) is 91.0 Å². The second-order valence-corrected chi connectivity index (χ2v) is 13.1. The van der Waals surface area contributed by atoms with Gasteiger partial charge in [-0.25, -0.2) is 0 Å². The van der Waals surface area contributed by atoms with Crippen molar-refractivity contribution in [2.75, 3.05) is 34.6 Å². The molecule has 0 fully saturated rings. The van der Waals surface area contributed by atoms with Crippen LogP contribution in [0.1, 0.15) is 10.4 Å². The maximum atomic E-state index is 14.4. The average molecular weight is 653 g/mol. The number of rotatable bonds is 12. The van der Waals surface area contributed by atoms with Gasteiger partial charge in [-0.3, -0.25) is 4.79 Å². The van der Waals surface area contributed by atoms with Crippen LogP contribution in [-0.4, -0.2) is 40.4 Å². The van der Waals surface area contributed by atoms with Crippen molar-refractivity contribution in [3.8, 4) is 56.4 Å². The predicted molar refractivity (Wildman–Crippen MR) is 197 cm³/mol. The summed E-state index contributed by atoms with van der Waals surface area (Å²) in [5.41, 5.74) is 6.26. The van der Waals surface area contributed by atoms with Gasteiger partial charge in [-0.15, -0.1) is 0 Å². The SMILES string of the molecule is COc1cccc(OC)c1-c1cccc(-c2c(OC)cccc2OC)c1P(CC(=O)c1ccccc1)c1ccccc1-c1ccccc1. The molecule has 0 aliphatic carbocycles. The number of hydrogen-bond donors (Lipinski definition) is 0. The second kappa shape index (κ2) is 15.0. The zero-order chi connectivity index (χ0) is 33.5. The molecule has 0 aromatic heterocycles. The van der Waals surface area contributed by atoms with Crippen LogP contribution in [0, 0.1) is 0 Å². The standard InChI is InChI=1S/C42H37O5P/c1-44-35-23-14-24-36(45-2)40(35)32-21-13-22-33(41-37(46-3)25-15-26-38(41)47-4)42(32)48(28-34(43)30-18-9-6-10-19-30)39-27-12-11-20-31(39)29-16-7-5-8-17-29/h5-27H,28H2,1-4H3. The van der Waals surface area contributed by atoms with Crippen molar-refractivity contribution in [1.82, 2.24) is 0 Å². The van der Waals surface area contributed by atoms with E-state index in [-0.39, 0.29) is 11.9 Å². The molecule has 0 N–H and O–H groups in total. The highest BCUT2D eigenvalue weighted by Crippen LogP contribution is 2.50. The Balaban J connectivity index is 1.75. The molecule has 0 bridgehead atoms. The van der Waals surface area contributed by atoms with Crippen LogP contribution in [0.15, 0.2) is 140 Å². The largest absolute Gasteiger partial charge is 0.496 e. The van der Waals surface area contributed by atoms with Gasteiger partial charge in [0.2, 0.25) is 0 Å². The van der Waals surface area contributed by atoms with Crippen LogP contribution < -0.4 is 29.6 Å². The summed E-state index contributed by atoms with van der Waals surface area (Å²) in [4.78, 5) is 14.4. The maximum absolute atomic E-state index is 14.4. The first-order chi connectivity index (χ1) is 23.6. The number of carbonyl (C=O) groups is 1. The molecular formula is C42H37O5P. The van der Waals surface area contributed by atoms with Crippen LogP contribution in [0.25, 0.3) is 33.4 Å². The molecule has 0 amide bonds. The molecule has 6 rings (SSSR count). The quantitative estimate of drug-likeness (QED) is 0.0976. The third kappa shape index (κ3) is 6.43. The highest BCUT2D eigenvalue weighted by atomic mass is 31.1. The van der Waals surface area contributed by atoms with Crippen molar-refractivity contribution < 1.29 is 23.7 Å². The molecule has 6 aromatic rings. The van der Waals surface area contributed by atoms with Gasteiger partial charge in [0.15, 0.2) is 5.78 Å². The summed E-state index contributed by atoms with van der Waals surface area (Å²) in [6.07, 6.45) is 0.266. The van der Waals surface area contributed by atoms with Crippen molar-refractivity contribution in [3.63, 3.8) is 0 Å². The highest BCUT2D eigenvalue weighted by molar-refractivity contribution is 7.74. The molecule has 0 spiro atoms. The van der Waals surface area contributed by atoms with Gasteiger partial charge in [-0.1, -0.05) is 115 Å². The molecule has 240 valence electrons. The first kappa shape index (κ1) is 32.6. The summed E-state index contributed by atoms with van der Waals surface area (Å²) >= 11 is 0. The Morgan fingerprint density at radius 3 is 1.40 bits per heavy atom. The zero-order valence-corrected chi connectivity index (χ0v) is 28.4. The van der Waals surface area contributed by atoms with E-state index in [4.69, 9.17) is 18.9 Å². The summed E-state index contributed by atoms with van der Waals surface area (Å²) < 4.78 is 23.9. The lowest BCUT2D eigenvalue weighted by Gasteiger charge is -2.28. The highest BCUT2D eigenvalue weighted by Gasteiger charge is 2.31. The van der Waals surface area contributed by atoms with Gasteiger partial charge in [-0.05, 0) is 65.0 Å². The minimum absolute atomic E-state index is 0.0595. The molecule has 0 saturated heterocycles. The molecule has 6 heteroatoms. The average Bonchev–Trinajstić information content (AvgIpc) is 3.16. The van der Waals surface area contributed by atoms with E-state index in [1.54, 1.807) is 28.4 Å². The Morgan fingerprint density at radius 1 is 0.479 bits per heavy atom. The molecule has 6 aromatic carbocycles. The Hall–Kier alpha value is -5.38. The van der Waals surface area contributed by atoms with Gasteiger partial charge in [0.1, 0.15) is 23.0 Å². The van der Waals surface area contributed by atoms with Gasteiger partial charge in [-0.2, -0.15) is 0 Å². The van der Waals surface area contributed by atoms with E-state index < -0.39 is 7.92 Å². The summed E-state index contributed by atoms with van der Waals surface area (Å²) in [7, 11) is 5.27. The molecule has 1 unspecified atom stereocenters. The molecule has 0 aliphatic rings. The summed E-state index contributed by atoms with van der Waals surface area (Å²) in [6, 6.07) is 46.1. The fourth-order valence-electron chi connectivity index (χ4n) is 6.19. The Labute approximate surface area is 283 Å². The maximum Gasteiger partial charge on any atom is 0.167 e. The number of carbonyl (C=O) groups excluding carboxylic acids is 1. The number of hydrogen-bond acceptors (Lipinski definition) is 5. The van der Waals surface area contributed by atoms with Crippen LogP contribution in [0.4, 0.5) is 0 Å². The summed E-state index contributed by atoms with van der Waals surface area (Å²) in [5, 5.41) is 2.07. The fraction of sp³-hybridized carbons (Fsp3) is 0.119. The molecule has 0 saturated carbocycles. The molecule has 0 heterocycles. The van der Waals surface area contributed by atoms with Gasteiger partial charge < -0.3 is 18.9 Å². The van der Waals surface area contributed by atoms with Crippen LogP contribution in [0.2, 0.25) is 0 Å². The zero-order valence-electron chi connectivity index (χ0n) is 27.5. The molecule has 5 nitrogen and oxygen atoms in total. The molecular weight excluding hydrogens is 615 g/mol. The van der Waals surface area contributed by atoms with Crippen LogP contribution in [-0.2, 0) is 0 Å². The Bertz CT molecular complexity index is 1910. The third-order valence-corrected chi connectivity index (χ3v) is 11.0. The second-order valence-electron chi connectivity index (χ2n) is 11.0. The number of methoxy groups -OCH3 is 4. The van der Waals surface area contributed by atoms with E-state index in [2.05, 4.69) is 48.5 Å². The number of ketones is 1. The number of Topliss-reactive ketones (excluding diaryl/α,β-unsaturated/α-hetero) is 1. The minimum Gasteiger partial charge on any atom is -0.496 e. The third-order valence-electron chi connectivity index (χ3n) is 8.38. The number of ether oxygens (including phenoxy) is 4. The van der Waals surface area contributed by atoms with Gasteiger partial charge in [0.05, 0.1) is 39.6 Å². The first-order valence-electron chi connectivity index (χ1n) is 15.7. The van der Waals surface area contributed by atoms with E-state index >= 15 is 0 Å². The van der Waals surface area contributed by atoms with E-state index in [0.717, 1.165) is 44.0 Å². The fourth-order valence-corrected chi connectivity index (χ4v) is 8.94. The van der Waals surface area contributed by atoms with Crippen molar-refractivity contribution in [2.24, 2.45) is 0 Å². The molecule has 0 aliphatic heterocycles. The molecule has 48 heavy (non-hydrogen) atoms. The normalized spacial score (nSPS) is 11.4. The van der Waals surface area contributed by atoms with Crippen LogP contribution in [0.3, 0.4) is 0 Å². The topological polar surface area (TPSA) is 54.0 Å². The van der Waals surface area contributed by atoms with Gasteiger partial charge in [0, 0.05) is 11.7 Å². The minimum atomic E-state index is -1.39. The monoisotopic (exact) mass is 652 g/mol. The summed E-state index contributed by atoms with van der Waals surface area (Å²) in [5.74, 6) is 2.73. The van der Waals surface area contributed by atoms with Crippen molar-refractivity contribution in [1.29, 1.82) is 0 Å². The van der Waals surface area contributed by atoms with Crippen LogP contribution in [0.5, 0.6) is 23.0 Å². The van der Waals surface area contributed by atoms with Crippen molar-refractivity contribution in [2.45, 2.75) is 0 Å². The first-order valence-corrected chi connectivity index (χ1v) is 17.2. The summed E-state index contributed by atoms with van der Waals surface area (Å²) in [6.45, 7) is 0. The van der Waals surface area contributed by atoms with E-state index in [0.29, 0.717) is 28.6 Å². The van der Waals surface area contributed by atoms with Gasteiger partial charge in [0.25, 0.3) is 0 Å². The molecule has 1 atom stereocenters. The lowest BCUT2D eigenvalue weighted by Crippen LogP contribution is -2.24. The van der Waals surface area contributed by atoms with Crippen LogP contribution >= 0.6 is 7.92 Å². The predicted octanol–water partition coefficient (Wildman–Crippen LogP) is 9.04. The number of benzene rings is 6. The van der Waals surface area contributed by atoms with Crippen molar-refractivity contribution in [3.05, 3.63) is 145 Å². The van der Waals surface area contributed by atoms with Gasteiger partial charge >= 0.3 is 0 Å². The molecule has 0 radical (unpaired) electrons. The Morgan fingerprint density at radius 2 is 0.896 bits per heavy atom. The lowest BCUT2D eigenvalue weighted by atomic mass is 9.96. The van der Waals surface area contributed by atoms with E-state index in [1.165, 1.54) is 0 Å². The lowest BCUT2D eigenvalue weighted by molar-refractivity contribution is 0.102. The Kier molecular flexibility index (Phi) is 10.2.